The van der Waals surface area contributed by atoms with E-state index < -0.39 is 5.97 Å². The second kappa shape index (κ2) is 19.4. The van der Waals surface area contributed by atoms with Crippen LogP contribution < -0.4 is 0 Å². The van der Waals surface area contributed by atoms with E-state index in [-0.39, 0.29) is 6.42 Å². The number of ether oxygens (including phenoxy) is 3. The second-order valence-electron chi connectivity index (χ2n) is 5.81. The molecule has 0 rings (SSSR count). The highest BCUT2D eigenvalue weighted by Crippen LogP contribution is 2.08. The van der Waals surface area contributed by atoms with Gasteiger partial charge in [0.25, 0.3) is 0 Å². The molecule has 23 heavy (non-hydrogen) atoms. The van der Waals surface area contributed by atoms with E-state index in [9.17, 15) is 4.79 Å². The molecule has 5 heteroatoms. The number of rotatable bonds is 19. The van der Waals surface area contributed by atoms with Gasteiger partial charge in [0.2, 0.25) is 0 Å². The van der Waals surface area contributed by atoms with Gasteiger partial charge in [0.15, 0.2) is 0 Å². The molecule has 0 spiro atoms. The molecule has 138 valence electrons. The summed E-state index contributed by atoms with van der Waals surface area (Å²) in [6, 6.07) is 0. The molecule has 0 bridgehead atoms. The summed E-state index contributed by atoms with van der Waals surface area (Å²) in [7, 11) is 0. The lowest BCUT2D eigenvalue weighted by Gasteiger charge is -2.06. The van der Waals surface area contributed by atoms with Crippen molar-refractivity contribution < 1.29 is 24.1 Å². The number of unbranched alkanes of at least 4 members (excludes halogenated alkanes) is 7. The molecule has 0 radical (unpaired) electrons. The molecule has 0 unspecified atom stereocenters. The normalized spacial score (nSPS) is 11.0. The molecule has 0 atom stereocenters. The third-order valence-corrected chi connectivity index (χ3v) is 3.57. The summed E-state index contributed by atoms with van der Waals surface area (Å²) >= 11 is 0. The second-order valence-corrected chi connectivity index (χ2v) is 5.81. The molecule has 0 saturated carbocycles. The van der Waals surface area contributed by atoms with Gasteiger partial charge in [0.1, 0.15) is 0 Å². The zero-order valence-corrected chi connectivity index (χ0v) is 14.9. The highest BCUT2D eigenvalue weighted by atomic mass is 16.5. The molecule has 1 N–H and O–H groups in total. The summed E-state index contributed by atoms with van der Waals surface area (Å²) in [4.78, 5) is 10.3. The summed E-state index contributed by atoms with van der Waals surface area (Å²) in [6.45, 7) is 5.82. The van der Waals surface area contributed by atoms with Crippen molar-refractivity contribution in [1.82, 2.24) is 0 Å². The Balaban J connectivity index is 2.96. The molecule has 0 aromatic heterocycles. The van der Waals surface area contributed by atoms with Crippen LogP contribution in [0.4, 0.5) is 0 Å². The van der Waals surface area contributed by atoms with E-state index in [0.29, 0.717) is 39.5 Å². The molecule has 0 aliphatic rings. The Kier molecular flexibility index (Phi) is 18.8. The highest BCUT2D eigenvalue weighted by molar-refractivity contribution is 5.66. The molecule has 0 amide bonds. The van der Waals surface area contributed by atoms with Gasteiger partial charge in [0.05, 0.1) is 26.4 Å². The van der Waals surface area contributed by atoms with Crippen LogP contribution in [0.1, 0.15) is 71.1 Å². The van der Waals surface area contributed by atoms with Crippen molar-refractivity contribution in [3.63, 3.8) is 0 Å². The summed E-state index contributed by atoms with van der Waals surface area (Å²) in [5.74, 6) is -0.779. The fourth-order valence-corrected chi connectivity index (χ4v) is 2.21. The minimum atomic E-state index is -0.779. The largest absolute Gasteiger partial charge is 0.481 e. The van der Waals surface area contributed by atoms with Crippen LogP contribution in [0.5, 0.6) is 0 Å². The average Bonchev–Trinajstić information content (AvgIpc) is 2.53. The first-order valence-electron chi connectivity index (χ1n) is 9.22. The molecule has 5 nitrogen and oxygen atoms in total. The Morgan fingerprint density at radius 1 is 0.652 bits per heavy atom. The van der Waals surface area contributed by atoms with Crippen molar-refractivity contribution in [2.75, 3.05) is 39.6 Å². The van der Waals surface area contributed by atoms with E-state index in [2.05, 4.69) is 6.92 Å². The topological polar surface area (TPSA) is 65.0 Å². The summed E-state index contributed by atoms with van der Waals surface area (Å²) in [6.07, 6.45) is 11.2. The van der Waals surface area contributed by atoms with Gasteiger partial charge in [-0.25, -0.2) is 0 Å². The van der Waals surface area contributed by atoms with Gasteiger partial charge in [-0.3, -0.25) is 4.79 Å². The summed E-state index contributed by atoms with van der Waals surface area (Å²) < 4.78 is 16.2. The van der Waals surface area contributed by atoms with Gasteiger partial charge in [-0.2, -0.15) is 0 Å². The van der Waals surface area contributed by atoms with Gasteiger partial charge in [-0.1, -0.05) is 51.9 Å². The van der Waals surface area contributed by atoms with Crippen molar-refractivity contribution in [2.45, 2.75) is 71.1 Å². The smallest absolute Gasteiger partial charge is 0.303 e. The summed E-state index contributed by atoms with van der Waals surface area (Å²) in [5.41, 5.74) is 0. The lowest BCUT2D eigenvalue weighted by atomic mass is 10.1. The van der Waals surface area contributed by atoms with Crippen LogP contribution in [0.2, 0.25) is 0 Å². The maximum Gasteiger partial charge on any atom is 0.303 e. The molecular weight excluding hydrogens is 296 g/mol. The van der Waals surface area contributed by atoms with E-state index in [1.165, 1.54) is 44.9 Å². The molecule has 0 aromatic carbocycles. The van der Waals surface area contributed by atoms with Crippen LogP contribution in [-0.2, 0) is 19.0 Å². The molecule has 0 aliphatic carbocycles. The van der Waals surface area contributed by atoms with E-state index in [0.717, 1.165) is 13.0 Å². The molecule has 0 heterocycles. The fourth-order valence-electron chi connectivity index (χ4n) is 2.21. The molecular formula is C18H36O5. The van der Waals surface area contributed by atoms with Gasteiger partial charge in [-0.05, 0) is 12.8 Å². The third-order valence-electron chi connectivity index (χ3n) is 3.57. The summed E-state index contributed by atoms with van der Waals surface area (Å²) in [5, 5.41) is 8.45. The molecule has 0 aromatic rings. The van der Waals surface area contributed by atoms with Crippen molar-refractivity contribution in [3.05, 3.63) is 0 Å². The van der Waals surface area contributed by atoms with Crippen molar-refractivity contribution in [2.24, 2.45) is 0 Å². The van der Waals surface area contributed by atoms with E-state index in [1.807, 2.05) is 0 Å². The SMILES string of the molecule is CCCCCCCCCCOCCOCCOCCCC(=O)O. The first-order chi connectivity index (χ1) is 11.3. The Hall–Kier alpha value is -0.650. The zero-order valence-electron chi connectivity index (χ0n) is 14.9. The first kappa shape index (κ1) is 22.4. The third kappa shape index (κ3) is 21.4. The van der Waals surface area contributed by atoms with Gasteiger partial charge in [-0.15, -0.1) is 0 Å². The van der Waals surface area contributed by atoms with Crippen LogP contribution >= 0.6 is 0 Å². The van der Waals surface area contributed by atoms with Gasteiger partial charge in [0, 0.05) is 19.6 Å². The quantitative estimate of drug-likeness (QED) is 0.362. The lowest BCUT2D eigenvalue weighted by molar-refractivity contribution is -0.137. The maximum absolute atomic E-state index is 10.3. The number of carboxylic acid groups (broad SMARTS) is 1. The van der Waals surface area contributed by atoms with Crippen molar-refractivity contribution in [3.8, 4) is 0 Å². The van der Waals surface area contributed by atoms with E-state index >= 15 is 0 Å². The molecule has 0 saturated heterocycles. The monoisotopic (exact) mass is 332 g/mol. The minimum Gasteiger partial charge on any atom is -0.481 e. The van der Waals surface area contributed by atoms with Crippen LogP contribution in [0.3, 0.4) is 0 Å². The first-order valence-corrected chi connectivity index (χ1v) is 9.22. The molecule has 0 fully saturated rings. The Morgan fingerprint density at radius 3 is 1.61 bits per heavy atom. The number of hydrogen-bond acceptors (Lipinski definition) is 4. The Morgan fingerprint density at radius 2 is 1.09 bits per heavy atom. The maximum atomic E-state index is 10.3. The number of aliphatic carboxylic acids is 1. The lowest BCUT2D eigenvalue weighted by Crippen LogP contribution is -2.10. The fraction of sp³-hybridized carbons (Fsp3) is 0.944. The van der Waals surface area contributed by atoms with Crippen molar-refractivity contribution in [1.29, 1.82) is 0 Å². The van der Waals surface area contributed by atoms with E-state index in [1.54, 1.807) is 0 Å². The van der Waals surface area contributed by atoms with Crippen LogP contribution in [-0.4, -0.2) is 50.7 Å². The molecule has 0 aliphatic heterocycles. The van der Waals surface area contributed by atoms with E-state index in [4.69, 9.17) is 19.3 Å². The minimum absolute atomic E-state index is 0.160. The number of carboxylic acids is 1. The highest BCUT2D eigenvalue weighted by Gasteiger charge is 1.96. The number of carbonyl (C=O) groups is 1. The van der Waals surface area contributed by atoms with Crippen LogP contribution in [0.25, 0.3) is 0 Å². The Bertz CT molecular complexity index is 246. The predicted molar refractivity (Wildman–Crippen MR) is 91.9 cm³/mol. The van der Waals surface area contributed by atoms with Crippen LogP contribution in [0, 0.1) is 0 Å². The van der Waals surface area contributed by atoms with Crippen molar-refractivity contribution >= 4 is 5.97 Å². The zero-order chi connectivity index (χ0) is 17.0. The van der Waals surface area contributed by atoms with Gasteiger partial charge < -0.3 is 19.3 Å². The van der Waals surface area contributed by atoms with Crippen LogP contribution in [0.15, 0.2) is 0 Å². The average molecular weight is 332 g/mol. The Labute approximate surface area is 141 Å². The number of hydrogen-bond donors (Lipinski definition) is 1. The standard InChI is InChI=1S/C18H36O5/c1-2-3-4-5-6-7-8-9-12-21-14-16-23-17-15-22-13-10-11-18(19)20/h2-17H2,1H3,(H,19,20). The predicted octanol–water partition coefficient (Wildman–Crippen LogP) is 4.04. The van der Waals surface area contributed by atoms with Gasteiger partial charge >= 0.3 is 5.97 Å².